The summed E-state index contributed by atoms with van der Waals surface area (Å²) in [6.07, 6.45) is 4.04. The third kappa shape index (κ3) is 3.50. The maximum absolute atomic E-state index is 14.3. The third-order valence-corrected chi connectivity index (χ3v) is 12.1. The smallest absolute Gasteiger partial charge is 0.140 e. The van der Waals surface area contributed by atoms with Crippen LogP contribution in [-0.2, 0) is 9.53 Å². The quantitative estimate of drug-likeness (QED) is 0.363. The fraction of sp³-hybridized carbons (Fsp3) is 0.833. The molecule has 37 heavy (non-hydrogen) atoms. The van der Waals surface area contributed by atoms with Crippen molar-refractivity contribution in [2.45, 2.75) is 104 Å². The first-order chi connectivity index (χ1) is 17.1. The van der Waals surface area contributed by atoms with Crippen LogP contribution in [0.3, 0.4) is 0 Å². The summed E-state index contributed by atoms with van der Waals surface area (Å²) in [6, 6.07) is 0. The molecule has 1 aliphatic heterocycles. The second-order valence-corrected chi connectivity index (χ2v) is 14.3. The summed E-state index contributed by atoms with van der Waals surface area (Å²) in [6.45, 7) is 11.8. The Morgan fingerprint density at radius 3 is 2.32 bits per heavy atom. The van der Waals surface area contributed by atoms with E-state index < -0.39 is 40.2 Å². The molecule has 0 aromatic heterocycles. The van der Waals surface area contributed by atoms with Gasteiger partial charge in [0.15, 0.2) is 0 Å². The van der Waals surface area contributed by atoms with Crippen LogP contribution in [0.5, 0.6) is 0 Å². The predicted molar refractivity (Wildman–Crippen MR) is 138 cm³/mol. The number of Topliss-reactive ketones (excluding diaryl/α,β-unsaturated/α-hetero) is 1. The van der Waals surface area contributed by atoms with Crippen molar-refractivity contribution in [3.8, 4) is 0 Å². The summed E-state index contributed by atoms with van der Waals surface area (Å²) in [5.41, 5.74) is -1.56. The minimum Gasteiger partial charge on any atom is -0.392 e. The average Bonchev–Trinajstić information content (AvgIpc) is 3.03. The van der Waals surface area contributed by atoms with Crippen LogP contribution < -0.4 is 0 Å². The first-order valence-corrected chi connectivity index (χ1v) is 14.0. The fourth-order valence-electron chi connectivity index (χ4n) is 10.1. The Bertz CT molecular complexity index is 1020. The van der Waals surface area contributed by atoms with Crippen molar-refractivity contribution in [3.63, 3.8) is 0 Å². The minimum absolute atomic E-state index is 0.0164. The van der Waals surface area contributed by atoms with Gasteiger partial charge in [-0.2, -0.15) is 0 Å². The number of hydrogen-bond acceptors (Lipinski definition) is 7. The monoisotopic (exact) mass is 518 g/mol. The topological polar surface area (TPSA) is 127 Å². The molecule has 7 heteroatoms. The molecule has 0 aromatic rings. The lowest BCUT2D eigenvalue weighted by atomic mass is 9.38. The van der Waals surface area contributed by atoms with Gasteiger partial charge in [-0.1, -0.05) is 52.3 Å². The molecule has 4 fully saturated rings. The lowest BCUT2D eigenvalue weighted by molar-refractivity contribution is -0.202. The standard InChI is InChI=1S/C30H46O7/c1-26(2)18-7-8-22-27(3)12-21-24(29(5,36)11-17(37-21)9-16(14-31)15-32)28(27,4)13-23(34)30(22,6)19(18)10-20(33)25(26)35/h7,9,17,19-22,24-25,31-33,35-36H,8,10-15H2,1-6H3/t17-,19-,20+,21-,22+,24+,25-,27+,28-,29+,30+/m1/s1. The minimum atomic E-state index is -1.08. The Balaban J connectivity index is 1.57. The largest absolute Gasteiger partial charge is 0.392 e. The first-order valence-electron chi connectivity index (χ1n) is 14.0. The lowest BCUT2D eigenvalue weighted by Crippen LogP contribution is -2.65. The number of hydrogen-bond donors (Lipinski definition) is 5. The van der Waals surface area contributed by atoms with Gasteiger partial charge in [-0.25, -0.2) is 0 Å². The zero-order chi connectivity index (χ0) is 27.3. The highest BCUT2D eigenvalue weighted by atomic mass is 16.5. The van der Waals surface area contributed by atoms with Gasteiger partial charge in [-0.05, 0) is 54.4 Å². The molecular formula is C30H46O7. The summed E-state index contributed by atoms with van der Waals surface area (Å²) < 4.78 is 6.56. The molecule has 5 N–H and O–H groups in total. The summed E-state index contributed by atoms with van der Waals surface area (Å²) >= 11 is 0. The van der Waals surface area contributed by atoms with Crippen LogP contribution in [0.1, 0.15) is 73.6 Å². The number of rotatable bonds is 3. The van der Waals surface area contributed by atoms with Crippen LogP contribution >= 0.6 is 0 Å². The van der Waals surface area contributed by atoms with E-state index in [1.54, 1.807) is 6.08 Å². The van der Waals surface area contributed by atoms with Crippen LogP contribution in [0.4, 0.5) is 0 Å². The first kappa shape index (κ1) is 27.5. The maximum atomic E-state index is 14.3. The molecule has 0 bridgehead atoms. The fourth-order valence-corrected chi connectivity index (χ4v) is 10.1. The molecule has 0 aromatic carbocycles. The van der Waals surface area contributed by atoms with Crippen LogP contribution in [0, 0.1) is 39.4 Å². The summed E-state index contributed by atoms with van der Waals surface area (Å²) in [5, 5.41) is 52.6. The molecule has 5 aliphatic rings. The predicted octanol–water partition coefficient (Wildman–Crippen LogP) is 2.53. The molecule has 208 valence electrons. The molecule has 0 radical (unpaired) electrons. The number of ketones is 1. The van der Waals surface area contributed by atoms with Crippen molar-refractivity contribution >= 4 is 5.78 Å². The van der Waals surface area contributed by atoms with Gasteiger partial charge in [0, 0.05) is 29.6 Å². The van der Waals surface area contributed by atoms with Gasteiger partial charge in [0.1, 0.15) is 5.78 Å². The van der Waals surface area contributed by atoms with E-state index in [4.69, 9.17) is 4.74 Å². The van der Waals surface area contributed by atoms with Gasteiger partial charge in [0.05, 0.1) is 43.2 Å². The molecular weight excluding hydrogens is 472 g/mol. The molecule has 0 spiro atoms. The number of aliphatic hydroxyl groups is 5. The van der Waals surface area contributed by atoms with Gasteiger partial charge in [-0.15, -0.1) is 0 Å². The SMILES string of the molecule is CC1(C)C2=CC[C@@H]3[C@@](C)(C(=O)C[C@]4(C)[C@@H]5[C@@H](C[C@@]34C)O[C@H](C=C(CO)CO)C[C@]5(C)O)[C@@H]2C[C@H](O)[C@H]1O. The number of ether oxygens (including phenoxy) is 1. The maximum Gasteiger partial charge on any atom is 0.140 e. The number of fused-ring (bicyclic) bond motifs is 7. The van der Waals surface area contributed by atoms with Crippen LogP contribution in [0.25, 0.3) is 0 Å². The Morgan fingerprint density at radius 2 is 1.70 bits per heavy atom. The van der Waals surface area contributed by atoms with E-state index in [1.165, 1.54) is 0 Å². The Morgan fingerprint density at radius 1 is 1.05 bits per heavy atom. The van der Waals surface area contributed by atoms with Crippen molar-refractivity contribution in [3.05, 3.63) is 23.3 Å². The van der Waals surface area contributed by atoms with Gasteiger partial charge < -0.3 is 30.3 Å². The van der Waals surface area contributed by atoms with E-state index >= 15 is 0 Å². The Kier molecular flexibility index (Phi) is 6.28. The lowest BCUT2D eigenvalue weighted by Gasteiger charge is -2.65. The summed E-state index contributed by atoms with van der Waals surface area (Å²) in [4.78, 5) is 14.3. The number of carbonyl (C=O) groups excluding carboxylic acids is 1. The molecule has 0 amide bonds. The van der Waals surface area contributed by atoms with E-state index in [0.29, 0.717) is 31.3 Å². The molecule has 1 heterocycles. The van der Waals surface area contributed by atoms with E-state index in [0.717, 1.165) is 12.0 Å². The van der Waals surface area contributed by atoms with Crippen LogP contribution in [0.2, 0.25) is 0 Å². The molecule has 5 rings (SSSR count). The molecule has 4 aliphatic carbocycles. The van der Waals surface area contributed by atoms with E-state index in [9.17, 15) is 30.3 Å². The van der Waals surface area contributed by atoms with Crippen molar-refractivity contribution in [2.75, 3.05) is 13.2 Å². The number of allylic oxidation sites excluding steroid dienone is 1. The molecule has 3 saturated carbocycles. The molecule has 1 saturated heterocycles. The van der Waals surface area contributed by atoms with Crippen molar-refractivity contribution in [1.82, 2.24) is 0 Å². The van der Waals surface area contributed by atoms with Crippen molar-refractivity contribution in [2.24, 2.45) is 39.4 Å². The highest BCUT2D eigenvalue weighted by molar-refractivity contribution is 5.88. The van der Waals surface area contributed by atoms with Gasteiger partial charge >= 0.3 is 0 Å². The second-order valence-electron chi connectivity index (χ2n) is 14.3. The average molecular weight is 519 g/mol. The second kappa shape index (κ2) is 8.45. The molecule has 0 unspecified atom stereocenters. The Labute approximate surface area is 220 Å². The van der Waals surface area contributed by atoms with E-state index in [-0.39, 0.29) is 48.3 Å². The highest BCUT2D eigenvalue weighted by Gasteiger charge is 2.75. The summed E-state index contributed by atoms with van der Waals surface area (Å²) in [5.74, 6) is -0.156. The third-order valence-electron chi connectivity index (χ3n) is 12.1. The summed E-state index contributed by atoms with van der Waals surface area (Å²) in [7, 11) is 0. The van der Waals surface area contributed by atoms with E-state index in [1.807, 2.05) is 20.8 Å². The van der Waals surface area contributed by atoms with Crippen LogP contribution in [-0.4, -0.2) is 74.5 Å². The van der Waals surface area contributed by atoms with Gasteiger partial charge in [-0.3, -0.25) is 4.79 Å². The van der Waals surface area contributed by atoms with E-state index in [2.05, 4.69) is 26.8 Å². The number of carbonyl (C=O) groups is 1. The number of aliphatic hydroxyl groups excluding tert-OH is 4. The normalized spacial score (nSPS) is 52.4. The molecule has 11 atom stereocenters. The zero-order valence-electron chi connectivity index (χ0n) is 23.2. The Hall–Kier alpha value is -1.09. The van der Waals surface area contributed by atoms with Crippen LogP contribution in [0.15, 0.2) is 23.3 Å². The van der Waals surface area contributed by atoms with Crippen molar-refractivity contribution < 1.29 is 35.1 Å². The van der Waals surface area contributed by atoms with Gasteiger partial charge in [0.25, 0.3) is 0 Å². The van der Waals surface area contributed by atoms with Gasteiger partial charge in [0.2, 0.25) is 0 Å². The van der Waals surface area contributed by atoms with Crippen molar-refractivity contribution in [1.29, 1.82) is 0 Å². The highest BCUT2D eigenvalue weighted by Crippen LogP contribution is 2.75. The zero-order valence-corrected chi connectivity index (χ0v) is 23.2. The molecule has 7 nitrogen and oxygen atoms in total.